The molecule has 0 unspecified atom stereocenters. The monoisotopic (exact) mass is 2340 g/mol. The molecule has 0 saturated carbocycles. The largest absolute Gasteiger partial charge is 0.472 e. The molecule has 14 N–H and O–H groups in total. The van der Waals surface area contributed by atoms with Gasteiger partial charge in [0.05, 0.1) is 269 Å². The number of anilines is 7. The normalized spacial score (nSPS) is 43.0. The van der Waals surface area contributed by atoms with Crippen molar-refractivity contribution in [3.8, 4) is 41.2 Å². The van der Waals surface area contributed by atoms with E-state index in [9.17, 15) is 30.6 Å². The number of nitrogens with zero attached hydrogens (tertiary/aromatic N) is 21. The van der Waals surface area contributed by atoms with Crippen molar-refractivity contribution in [2.45, 2.75) is 226 Å². The summed E-state index contributed by atoms with van der Waals surface area (Å²) in [6, 6.07) is 0. The molecule has 7 aromatic rings. The highest BCUT2D eigenvalue weighted by molar-refractivity contribution is 7.01. The number of aliphatic hydroxyl groups is 7. The Balaban J connectivity index is 0.000000369. The quantitative estimate of drug-likeness (QED) is 0.0260. The van der Waals surface area contributed by atoms with Crippen molar-refractivity contribution >= 4 is 123 Å². The van der Waals surface area contributed by atoms with Crippen molar-refractivity contribution in [3.63, 3.8) is 0 Å². The van der Waals surface area contributed by atoms with Crippen LogP contribution in [0.3, 0.4) is 0 Å². The van der Waals surface area contributed by atoms with Crippen LogP contribution in [0.1, 0.15) is 310 Å². The molecule has 49 nitrogen and oxygen atoms in total. The van der Waals surface area contributed by atoms with Crippen LogP contribution < -0.4 is 105 Å². The number of nitrogens with one attached hydrogen (secondary N) is 7. The Morgan fingerprint density at radius 2 is 0.510 bits per heavy atom. The highest BCUT2D eigenvalue weighted by atomic mass is 32.1. The third kappa shape index (κ3) is 52.2. The van der Waals surface area contributed by atoms with Crippen LogP contribution in [0.25, 0.3) is 0 Å². The summed E-state index contributed by atoms with van der Waals surface area (Å²) in [5.74, 6) is -14.3. The number of aromatic nitrogens is 14. The van der Waals surface area contributed by atoms with E-state index in [1.165, 1.54) is 5.32 Å². The molecule has 7 aromatic heterocycles. The lowest BCUT2D eigenvalue weighted by Crippen LogP contribution is -2.42. The summed E-state index contributed by atoms with van der Waals surface area (Å²) in [6.45, 7) is -179. The summed E-state index contributed by atoms with van der Waals surface area (Å²) in [7, 11) is 0. The van der Waals surface area contributed by atoms with E-state index in [-0.39, 0.29) is 92.9 Å². The lowest BCUT2D eigenvalue weighted by atomic mass is 10.1. The van der Waals surface area contributed by atoms with E-state index in [1.807, 2.05) is 5.32 Å². The first-order valence-corrected chi connectivity index (χ1v) is 43.2. The van der Waals surface area contributed by atoms with Gasteiger partial charge in [0.25, 0.3) is 41.2 Å². The van der Waals surface area contributed by atoms with Crippen LogP contribution in [0, 0.1) is 0 Å². The summed E-state index contributed by atoms with van der Waals surface area (Å²) >= 11 is 1.37. The van der Waals surface area contributed by atoms with E-state index in [1.54, 1.807) is 16.0 Å². The zero-order valence-electron chi connectivity index (χ0n) is 198. The molecule has 0 aliphatic carbocycles. The van der Waals surface area contributed by atoms with E-state index in [4.69, 9.17) is 202 Å². The maximum absolute atomic E-state index is 10.7. The predicted octanol–water partition coefficient (Wildman–Crippen LogP) is 3.52. The van der Waals surface area contributed by atoms with E-state index >= 15 is 0 Å². The molecule has 0 radical (unpaired) electrons. The average molecular weight is 2340 g/mol. The fourth-order valence-electron chi connectivity index (χ4n) is 7.41. The number of hydrogen-bond donors (Lipinski definition) is 14. The second kappa shape index (κ2) is 64.4. The first kappa shape index (κ1) is 37.3. The smallest absolute Gasteiger partial charge is 0.270 e. The summed E-state index contributed by atoms with van der Waals surface area (Å²) in [5.41, 5.74) is -20.6. The predicted molar refractivity (Wildman–Crippen MR) is 575 cm³/mol. The van der Waals surface area contributed by atoms with E-state index in [2.05, 4.69) is 105 Å². The summed E-state index contributed by atoms with van der Waals surface area (Å²) in [6.07, 6.45) is -23.3. The zero-order valence-corrected chi connectivity index (χ0v) is 80.4. The Morgan fingerprint density at radius 1 is 0.286 bits per heavy atom. The fourth-order valence-corrected chi connectivity index (χ4v) is 10.8. The van der Waals surface area contributed by atoms with Crippen LogP contribution in [0.2, 0.25) is 1.41 Å². The van der Waals surface area contributed by atoms with Crippen LogP contribution >= 0.6 is 82.1 Å². The molecule has 7 fully saturated rings. The van der Waals surface area contributed by atoms with Crippen LogP contribution in [-0.4, -0.2) is 454 Å². The first-order valence-electron chi connectivity index (χ1n) is 99.4. The summed E-state index contributed by atoms with van der Waals surface area (Å²) < 4.78 is 1080. The van der Waals surface area contributed by atoms with Gasteiger partial charge in [0, 0.05) is 247 Å². The third-order valence-corrected chi connectivity index (χ3v) is 16.6. The van der Waals surface area contributed by atoms with Gasteiger partial charge in [-0.15, -0.1) is 30.6 Å². The Hall–Kier alpha value is -6.72. The topological polar surface area (TPSA) is 558 Å². The van der Waals surface area contributed by atoms with Crippen molar-refractivity contribution in [2.75, 3.05) is 309 Å². The van der Waals surface area contributed by atoms with Crippen molar-refractivity contribution < 1.29 is 269 Å². The van der Waals surface area contributed by atoms with Gasteiger partial charge in [0.15, 0.2) is 0 Å². The lowest BCUT2D eigenvalue weighted by Gasteiger charge is -2.27. The van der Waals surface area contributed by atoms with Gasteiger partial charge >= 0.3 is 0 Å². The highest BCUT2D eigenvalue weighted by Gasteiger charge is 2.31. The van der Waals surface area contributed by atoms with Gasteiger partial charge in [-0.3, -0.25) is 0 Å². The van der Waals surface area contributed by atoms with Gasteiger partial charge in [-0.05, 0) is 144 Å². The van der Waals surface area contributed by atoms with Crippen LogP contribution in [0.5, 0.6) is 41.2 Å². The average Bonchev–Trinajstić information content (AvgIpc) is 1.22. The second-order valence-electron chi connectivity index (χ2n) is 26.9. The maximum Gasteiger partial charge on any atom is 0.270 e. The molecule has 56 heteroatoms. The molecular weight excluding hydrogens is 2050 g/mol. The molecule has 14 heterocycles. The molecule has 7 saturated heterocycles. The van der Waals surface area contributed by atoms with Gasteiger partial charge in [-0.1, -0.05) is 0 Å². The van der Waals surface area contributed by atoms with Gasteiger partial charge in [-0.25, -0.2) is 0 Å². The number of hydrogen-bond acceptors (Lipinski definition) is 56. The molecule has 7 aliphatic rings. The SMILES string of the molecule is [2H]C([2H])(NC(C)(C([2H])([2H])[2H])C([2H])([2H])[2H])[C@H](O)C([2H])([2H])Oc1nsnc1N1C([2H])([2H])C([2H])([2H])OC([2H])([2H])C1([2H])[2H].[2H]C([2H])(NC(C)(C([2H])([2H])[2H])C([2H])([2H])[2H])[C@H](O)COc1nsnc1N1C([2H])([2H])C([2H])([2H])OC([2H])([2H])C1([2H])[2H].[2H]C([2H])([2H])C(C)(NC([2H])([2H])[C@]([2H])(O)C([2H])([2H])Oc1nsnc1N1C([2H])([2H])C([2H])([2H])OC([2H])([2H])C1([2H])[2H])C([2H])([2H])[2H].[2H]C([2H])([2H])C(C)(NC([2H])([2H])[C@]([2H])(O)COc1nsnc1N1C([2H])([2H])C([2H])([2H])OC([2H])([2H])C1([2H])[2H])C([2H])([2H])[2H].[2H]C([2H])([2H])C(C)(NC[C@]([2H])(O)C([2H])([2H])Oc1nsnc1N1C([2H])([2H])C([2H])([2H])OC([2H])([2H])C1([2H])[2H])C([2H])([2H])[2H].[2H]C([2H])([2H])C(C)(NC[C@]([2H])(O)COc1nsnc1N1C([2H])([2H])C([2H])([2H])OC([2H])([2H])C1([2H])[2H])C([2H])([2H])[2H].[2H]O[C@]([2H])(C([2H])([2H])Oc1nsnc1N1C([2H])([2H])C([2H])([2H])OC([2H])([2H])C1([2H])[2H])C([2H])([2H])N([2H])C(C)(C([2H])([2H])[2H])C([2H])([2H])[2H]. The summed E-state index contributed by atoms with van der Waals surface area (Å²) in [5, 5.41) is 76.7. The lowest BCUT2D eigenvalue weighted by molar-refractivity contribution is 0.0974. The number of ether oxygens (including phenoxy) is 14. The van der Waals surface area contributed by atoms with Gasteiger partial charge in [-0.2, -0.15) is 30.6 Å². The zero-order chi connectivity index (χ0) is 215. The Kier molecular flexibility index (Phi) is 16.3. The van der Waals surface area contributed by atoms with Crippen molar-refractivity contribution in [2.24, 2.45) is 0 Å². The van der Waals surface area contributed by atoms with E-state index in [0.717, 1.165) is 20.8 Å². The molecule has 14 rings (SSSR count). The molecular formula is C91H168N28O21S7. The van der Waals surface area contributed by atoms with Crippen LogP contribution in [0.15, 0.2) is 0 Å². The highest BCUT2D eigenvalue weighted by Crippen LogP contribution is 2.34. The van der Waals surface area contributed by atoms with E-state index in [0.29, 0.717) is 51.2 Å². The number of rotatable bonds is 43. The first-order chi connectivity index (χ1) is 117. The standard InChI is InChI=1S/7C13H24N4O3S/c7*1-13(2,3)14-8-10(18)9-20-12-11(15-21-16-12)17-4-6-19-7-5-17/h7*10,14,18H,4-9H2,1-3H3/t7*10-/m0000000/s1/i1D3,2D3,4D2,5D2,6D2,7D2,8D2,9D2,10D,18D;1D3,2D3,4D2,5D2,6D2,7D2,8D2,9D2,10D;1D3,2D3,4D2,5D2,6D2,7D2,9D2,10D;1D3,2D3,4D2,5D2,6D2,7D2,8D2,10D;1D3,2D3,4D2,5D2,6D2,7D2,8D2,9D2;1D3,2D3,4D2,5D2,6D2,7D2,10D;1D3,2D3,4D2,5D2,6D2,7D2,8D2/hD. The van der Waals surface area contributed by atoms with E-state index < -0.39 is 539 Å². The molecule has 7 aliphatic heterocycles. The minimum atomic E-state index is -4.23. The number of aliphatic hydroxyl groups excluding tert-OH is 2. The number of β-amino-alcohol motifs (C(OH)–C–C–N with tert-alkyl or cyclic N) is 7. The van der Waals surface area contributed by atoms with Crippen molar-refractivity contribution in [1.29, 1.82) is 1.43 Å². The molecule has 0 spiro atoms. The fraction of sp³-hybridized carbons (Fsp3) is 0.846. The van der Waals surface area contributed by atoms with Crippen LogP contribution in [-0.2, 0) is 33.2 Å². The Labute approximate surface area is 1070 Å². The second-order valence-corrected chi connectivity index (χ2v) is 30.6. The number of morpholine rings is 7. The molecule has 840 valence electrons. The Morgan fingerprint density at radius 3 is 0.796 bits per heavy atom. The molecule has 0 aromatic carbocycles. The van der Waals surface area contributed by atoms with Crippen molar-refractivity contribution in [1.82, 2.24) is 98.4 Å². The minimum Gasteiger partial charge on any atom is -0.472 e. The van der Waals surface area contributed by atoms with Gasteiger partial charge < -0.3 is 174 Å². The third-order valence-electron chi connectivity index (χ3n) is 13.1. The van der Waals surface area contributed by atoms with Crippen molar-refractivity contribution in [3.05, 3.63) is 0 Å². The molecule has 7 atom stereocenters. The Bertz CT molecular complexity index is 10200. The summed E-state index contributed by atoms with van der Waals surface area (Å²) in [4.78, 5) is -0.950. The maximum atomic E-state index is 10.7. The molecule has 0 bridgehead atoms. The minimum absolute atomic E-state index is 0.00388. The van der Waals surface area contributed by atoms with Gasteiger partial charge in [0.2, 0.25) is 42.2 Å². The van der Waals surface area contributed by atoms with Gasteiger partial charge in [0.1, 0.15) is 90.1 Å². The van der Waals surface area contributed by atoms with Crippen LogP contribution in [0.4, 0.5) is 40.7 Å². The molecule has 147 heavy (non-hydrogen) atoms. The molecule has 0 amide bonds.